The molecule has 1 amide bonds. The van der Waals surface area contributed by atoms with E-state index in [9.17, 15) is 4.79 Å². The zero-order valence-electron chi connectivity index (χ0n) is 15.4. The Kier molecular flexibility index (Phi) is 5.11. The summed E-state index contributed by atoms with van der Waals surface area (Å²) in [5.74, 6) is 0. The van der Waals surface area contributed by atoms with E-state index in [1.54, 1.807) is 16.2 Å². The van der Waals surface area contributed by atoms with Crippen LogP contribution in [0.4, 0.5) is 5.13 Å². The number of carbonyl (C=O) groups is 1. The van der Waals surface area contributed by atoms with Gasteiger partial charge in [0.25, 0.3) is 0 Å². The van der Waals surface area contributed by atoms with Crippen molar-refractivity contribution in [2.75, 3.05) is 50.8 Å². The van der Waals surface area contributed by atoms with Crippen LogP contribution in [0.2, 0.25) is 0 Å². The van der Waals surface area contributed by atoms with E-state index in [0.29, 0.717) is 25.7 Å². The van der Waals surface area contributed by atoms with Gasteiger partial charge in [-0.3, -0.25) is 9.69 Å². The van der Waals surface area contributed by atoms with E-state index in [4.69, 9.17) is 9.72 Å². The highest BCUT2D eigenvalue weighted by Gasteiger charge is 2.23. The van der Waals surface area contributed by atoms with Crippen molar-refractivity contribution >= 4 is 33.1 Å². The lowest BCUT2D eigenvalue weighted by atomic mass is 10.1. The highest BCUT2D eigenvalue weighted by atomic mass is 32.1. The van der Waals surface area contributed by atoms with Crippen molar-refractivity contribution < 1.29 is 9.53 Å². The molecule has 0 saturated carbocycles. The minimum absolute atomic E-state index is 0.0431. The lowest BCUT2D eigenvalue weighted by molar-refractivity contribution is -0.125. The van der Waals surface area contributed by atoms with Gasteiger partial charge in [-0.15, -0.1) is 0 Å². The van der Waals surface area contributed by atoms with Crippen LogP contribution in [-0.4, -0.2) is 73.1 Å². The molecule has 0 bridgehead atoms. The summed E-state index contributed by atoms with van der Waals surface area (Å²) in [5, 5.41) is 1.11. The quantitative estimate of drug-likeness (QED) is 0.769. The number of ether oxygens (including phenoxy) is 1. The van der Waals surface area contributed by atoms with Crippen LogP contribution in [0, 0.1) is 0 Å². The topological polar surface area (TPSA) is 48.9 Å². The van der Waals surface area contributed by atoms with Crippen molar-refractivity contribution in [1.29, 1.82) is 0 Å². The number of hydrogen-bond donors (Lipinski definition) is 0. The van der Waals surface area contributed by atoms with Gasteiger partial charge in [-0.1, -0.05) is 17.4 Å². The second-order valence-corrected chi connectivity index (χ2v) is 8.31. The molecule has 2 saturated heterocycles. The molecule has 26 heavy (non-hydrogen) atoms. The summed E-state index contributed by atoms with van der Waals surface area (Å²) in [7, 11) is 0. The number of rotatable bonds is 4. The van der Waals surface area contributed by atoms with Gasteiger partial charge in [0.05, 0.1) is 23.4 Å². The summed E-state index contributed by atoms with van der Waals surface area (Å²) in [6.45, 7) is 10.7. The van der Waals surface area contributed by atoms with Crippen LogP contribution < -0.4 is 4.90 Å². The number of carbonyl (C=O) groups excluding carboxylic acids is 1. The van der Waals surface area contributed by atoms with E-state index < -0.39 is 0 Å². The van der Waals surface area contributed by atoms with Crippen LogP contribution in [0.3, 0.4) is 0 Å². The number of hydrogen-bond acceptors (Lipinski definition) is 6. The van der Waals surface area contributed by atoms with E-state index in [2.05, 4.69) is 41.8 Å². The van der Waals surface area contributed by atoms with Crippen molar-refractivity contribution in [2.45, 2.75) is 26.0 Å². The fourth-order valence-electron chi connectivity index (χ4n) is 3.66. The molecule has 1 aromatic heterocycles. The number of fused-ring (bicyclic) bond motifs is 1. The summed E-state index contributed by atoms with van der Waals surface area (Å²) in [4.78, 5) is 22.6. The maximum absolute atomic E-state index is 11.0. The van der Waals surface area contributed by atoms with Crippen LogP contribution in [0.25, 0.3) is 10.2 Å². The number of aromatic nitrogens is 1. The first kappa shape index (κ1) is 17.7. The van der Waals surface area contributed by atoms with Crippen LogP contribution >= 0.6 is 11.3 Å². The SMILES string of the molecule is CC(C)N1CCN(c2nc3ccc(C4CN(C=O)CCO4)cc3s2)CC1. The second kappa shape index (κ2) is 7.50. The Labute approximate surface area is 158 Å². The van der Waals surface area contributed by atoms with Crippen LogP contribution in [-0.2, 0) is 9.53 Å². The third-order valence-electron chi connectivity index (χ3n) is 5.34. The van der Waals surface area contributed by atoms with Crippen LogP contribution in [0.1, 0.15) is 25.5 Å². The van der Waals surface area contributed by atoms with Gasteiger partial charge in [-0.25, -0.2) is 4.98 Å². The molecule has 4 rings (SSSR count). The summed E-state index contributed by atoms with van der Waals surface area (Å²) in [6, 6.07) is 6.95. The monoisotopic (exact) mass is 374 g/mol. The molecule has 0 aliphatic carbocycles. The fourth-order valence-corrected chi connectivity index (χ4v) is 4.73. The van der Waals surface area contributed by atoms with Gasteiger partial charge in [0.15, 0.2) is 5.13 Å². The fraction of sp³-hybridized carbons (Fsp3) is 0.579. The van der Waals surface area contributed by atoms with Gasteiger partial charge < -0.3 is 14.5 Å². The Bertz CT molecular complexity index is 770. The van der Waals surface area contributed by atoms with Gasteiger partial charge in [-0.05, 0) is 31.5 Å². The third kappa shape index (κ3) is 3.56. The van der Waals surface area contributed by atoms with Crippen molar-refractivity contribution in [3.63, 3.8) is 0 Å². The molecule has 0 spiro atoms. The number of morpholine rings is 1. The Balaban J connectivity index is 1.50. The van der Waals surface area contributed by atoms with E-state index >= 15 is 0 Å². The molecule has 1 unspecified atom stereocenters. The molecule has 7 heteroatoms. The Morgan fingerprint density at radius 3 is 2.77 bits per heavy atom. The van der Waals surface area contributed by atoms with Crippen molar-refractivity contribution in [3.8, 4) is 0 Å². The predicted octanol–water partition coefficient (Wildman–Crippen LogP) is 2.36. The molecule has 0 N–H and O–H groups in total. The molecule has 2 aliphatic rings. The maximum Gasteiger partial charge on any atom is 0.209 e. The molecule has 2 fully saturated rings. The number of amides is 1. The lowest BCUT2D eigenvalue weighted by Crippen LogP contribution is -2.48. The van der Waals surface area contributed by atoms with E-state index in [0.717, 1.165) is 48.8 Å². The highest BCUT2D eigenvalue weighted by Crippen LogP contribution is 2.32. The van der Waals surface area contributed by atoms with Crippen molar-refractivity contribution in [3.05, 3.63) is 23.8 Å². The smallest absolute Gasteiger partial charge is 0.209 e. The van der Waals surface area contributed by atoms with Crippen LogP contribution in [0.5, 0.6) is 0 Å². The van der Waals surface area contributed by atoms with Gasteiger partial charge in [-0.2, -0.15) is 0 Å². The zero-order chi connectivity index (χ0) is 18.1. The van der Waals surface area contributed by atoms with Gasteiger partial charge in [0.1, 0.15) is 6.10 Å². The molecule has 6 nitrogen and oxygen atoms in total. The first-order chi connectivity index (χ1) is 12.6. The zero-order valence-corrected chi connectivity index (χ0v) is 16.2. The summed E-state index contributed by atoms with van der Waals surface area (Å²) < 4.78 is 7.06. The van der Waals surface area contributed by atoms with Crippen LogP contribution in [0.15, 0.2) is 18.2 Å². The van der Waals surface area contributed by atoms with Crippen molar-refractivity contribution in [2.24, 2.45) is 0 Å². The molecule has 140 valence electrons. The number of anilines is 1. The maximum atomic E-state index is 11.0. The van der Waals surface area contributed by atoms with Gasteiger partial charge >= 0.3 is 0 Å². The number of nitrogens with zero attached hydrogens (tertiary/aromatic N) is 4. The average molecular weight is 375 g/mol. The molecule has 2 aliphatic heterocycles. The summed E-state index contributed by atoms with van der Waals surface area (Å²) in [6.07, 6.45) is 0.869. The minimum Gasteiger partial charge on any atom is -0.370 e. The second-order valence-electron chi connectivity index (χ2n) is 7.30. The summed E-state index contributed by atoms with van der Waals surface area (Å²) >= 11 is 1.76. The lowest BCUT2D eigenvalue weighted by Gasteiger charge is -2.36. The number of benzene rings is 1. The number of thiazole rings is 1. The first-order valence-electron chi connectivity index (χ1n) is 9.34. The summed E-state index contributed by atoms with van der Waals surface area (Å²) in [5.41, 5.74) is 2.17. The molecule has 1 atom stereocenters. The van der Waals surface area contributed by atoms with E-state index in [1.165, 1.54) is 4.70 Å². The van der Waals surface area contributed by atoms with Gasteiger partial charge in [0.2, 0.25) is 6.41 Å². The average Bonchev–Trinajstić information content (AvgIpc) is 3.11. The minimum atomic E-state index is -0.0431. The van der Waals surface area contributed by atoms with Gasteiger partial charge in [0, 0.05) is 38.8 Å². The van der Waals surface area contributed by atoms with E-state index in [-0.39, 0.29) is 6.10 Å². The Hall–Kier alpha value is -1.70. The normalized spacial score (nSPS) is 22.3. The molecular weight excluding hydrogens is 348 g/mol. The van der Waals surface area contributed by atoms with E-state index in [1.807, 2.05) is 0 Å². The highest BCUT2D eigenvalue weighted by molar-refractivity contribution is 7.22. The predicted molar refractivity (Wildman–Crippen MR) is 105 cm³/mol. The number of piperazine rings is 1. The Morgan fingerprint density at radius 1 is 1.23 bits per heavy atom. The molecule has 2 aromatic rings. The third-order valence-corrected chi connectivity index (χ3v) is 6.41. The van der Waals surface area contributed by atoms with Crippen molar-refractivity contribution in [1.82, 2.24) is 14.8 Å². The standard InChI is InChI=1S/C19H26N4O2S/c1-14(2)22-5-7-23(8-6-22)19-20-16-4-3-15(11-18(16)26-19)17-12-21(13-24)9-10-25-17/h3-4,11,13-14,17H,5-10,12H2,1-2H3. The molecule has 0 radical (unpaired) electrons. The molecule has 1 aromatic carbocycles. The first-order valence-corrected chi connectivity index (χ1v) is 10.2. The Morgan fingerprint density at radius 2 is 2.04 bits per heavy atom. The largest absolute Gasteiger partial charge is 0.370 e. The molecular formula is C19H26N4O2S. The molecule has 3 heterocycles.